The Balaban J connectivity index is 2.24. The van der Waals surface area contributed by atoms with Crippen LogP contribution in [0, 0.1) is 5.92 Å². The van der Waals surface area contributed by atoms with Crippen LogP contribution in [-0.4, -0.2) is 10.8 Å². The minimum Gasteiger partial charge on any atom is -0.288 e. The van der Waals surface area contributed by atoms with Crippen LogP contribution in [-0.2, 0) is 6.42 Å². The van der Waals surface area contributed by atoms with Crippen LogP contribution in [0.2, 0.25) is 0 Å². The van der Waals surface area contributed by atoms with E-state index in [0.29, 0.717) is 10.8 Å². The molecule has 0 aliphatic heterocycles. The third-order valence-corrected chi connectivity index (χ3v) is 3.26. The van der Waals surface area contributed by atoms with Crippen molar-refractivity contribution in [2.45, 2.75) is 20.3 Å². The van der Waals surface area contributed by atoms with Crippen molar-refractivity contribution in [2.24, 2.45) is 5.92 Å². The van der Waals surface area contributed by atoms with Crippen LogP contribution >= 0.6 is 11.3 Å². The first-order chi connectivity index (χ1) is 8.16. The van der Waals surface area contributed by atoms with Gasteiger partial charge in [-0.3, -0.25) is 9.78 Å². The second-order valence-corrected chi connectivity index (χ2v) is 5.38. The van der Waals surface area contributed by atoms with Crippen molar-refractivity contribution >= 4 is 17.1 Å². The summed E-state index contributed by atoms with van der Waals surface area (Å²) >= 11 is 1.38. The molecule has 0 aliphatic carbocycles. The van der Waals surface area contributed by atoms with E-state index in [2.05, 4.69) is 24.9 Å². The molecule has 0 saturated carbocycles. The summed E-state index contributed by atoms with van der Waals surface area (Å²) in [6.45, 7) is 4.36. The molecule has 2 aromatic rings. The number of hydrogen-bond donors (Lipinski definition) is 0. The molecule has 0 radical (unpaired) electrons. The molecule has 0 unspecified atom stereocenters. The normalized spacial score (nSPS) is 10.8. The first kappa shape index (κ1) is 12.0. The van der Waals surface area contributed by atoms with Crippen LogP contribution in [0.5, 0.6) is 0 Å². The Labute approximate surface area is 105 Å². The van der Waals surface area contributed by atoms with E-state index in [1.807, 2.05) is 18.2 Å². The van der Waals surface area contributed by atoms with Gasteiger partial charge >= 0.3 is 0 Å². The summed E-state index contributed by atoms with van der Waals surface area (Å²) in [7, 11) is 0. The number of carbonyl (C=O) groups excluding carboxylic acids is 1. The third kappa shape index (κ3) is 3.01. The van der Waals surface area contributed by atoms with Gasteiger partial charge in [0.05, 0.1) is 10.4 Å². The molecule has 0 spiro atoms. The molecule has 0 bridgehead atoms. The van der Waals surface area contributed by atoms with Crippen molar-refractivity contribution in [2.75, 3.05) is 0 Å². The summed E-state index contributed by atoms with van der Waals surface area (Å²) < 4.78 is 0. The number of nitrogens with zero attached hydrogens (tertiary/aromatic N) is 1. The van der Waals surface area contributed by atoms with Crippen molar-refractivity contribution < 1.29 is 4.79 Å². The molecular weight excluding hydrogens is 230 g/mol. The number of rotatable bonds is 4. The zero-order chi connectivity index (χ0) is 12.3. The van der Waals surface area contributed by atoms with Gasteiger partial charge in [0, 0.05) is 11.8 Å². The summed E-state index contributed by atoms with van der Waals surface area (Å²) in [5, 5.41) is 0. The van der Waals surface area contributed by atoms with Crippen LogP contribution in [0.3, 0.4) is 0 Å². The van der Waals surface area contributed by atoms with Gasteiger partial charge < -0.3 is 0 Å². The van der Waals surface area contributed by atoms with Crippen molar-refractivity contribution in [1.29, 1.82) is 0 Å². The van der Waals surface area contributed by atoms with E-state index in [0.717, 1.165) is 12.0 Å². The largest absolute Gasteiger partial charge is 0.288 e. The topological polar surface area (TPSA) is 30.0 Å². The molecule has 0 saturated heterocycles. The molecule has 1 aromatic heterocycles. The number of aromatic nitrogens is 1. The maximum Gasteiger partial charge on any atom is 0.204 e. The molecule has 1 aromatic carbocycles. The highest BCUT2D eigenvalue weighted by molar-refractivity contribution is 7.11. The fourth-order valence-electron chi connectivity index (χ4n) is 1.78. The number of carbonyl (C=O) groups is 1. The average Bonchev–Trinajstić information content (AvgIpc) is 2.81. The molecular formula is C14H15NOS. The molecule has 0 atom stereocenters. The highest BCUT2D eigenvalue weighted by atomic mass is 32.1. The zero-order valence-electron chi connectivity index (χ0n) is 10.0. The standard InChI is InChI=1S/C14H15NOS/c1-10(2)6-11-4-3-5-12(7-11)14(16)13-8-15-9-17-13/h3-5,7-10H,6H2,1-2H3. The average molecular weight is 245 g/mol. The van der Waals surface area contributed by atoms with E-state index in [1.54, 1.807) is 11.7 Å². The van der Waals surface area contributed by atoms with Gasteiger partial charge in [-0.15, -0.1) is 11.3 Å². The maximum absolute atomic E-state index is 12.1. The van der Waals surface area contributed by atoms with Gasteiger partial charge in [0.1, 0.15) is 0 Å². The van der Waals surface area contributed by atoms with Gasteiger partial charge in [0.2, 0.25) is 5.78 Å². The highest BCUT2D eigenvalue weighted by Crippen LogP contribution is 2.16. The molecule has 3 heteroatoms. The predicted molar refractivity (Wildman–Crippen MR) is 70.5 cm³/mol. The van der Waals surface area contributed by atoms with E-state index in [9.17, 15) is 4.79 Å². The molecule has 88 valence electrons. The minimum absolute atomic E-state index is 0.0677. The fraction of sp³-hybridized carbons (Fsp3) is 0.286. The summed E-state index contributed by atoms with van der Waals surface area (Å²) in [6.07, 6.45) is 2.63. The van der Waals surface area contributed by atoms with E-state index < -0.39 is 0 Å². The lowest BCUT2D eigenvalue weighted by Crippen LogP contribution is -2.01. The maximum atomic E-state index is 12.1. The Morgan fingerprint density at radius 2 is 2.24 bits per heavy atom. The van der Waals surface area contributed by atoms with E-state index in [1.165, 1.54) is 16.9 Å². The Hall–Kier alpha value is -1.48. The molecule has 0 fully saturated rings. The molecule has 2 rings (SSSR count). The predicted octanol–water partition coefficient (Wildman–Crippen LogP) is 3.57. The quantitative estimate of drug-likeness (QED) is 0.771. The second kappa shape index (κ2) is 5.23. The molecule has 1 heterocycles. The monoisotopic (exact) mass is 245 g/mol. The second-order valence-electron chi connectivity index (χ2n) is 4.49. The first-order valence-corrected chi connectivity index (χ1v) is 6.57. The molecule has 0 amide bonds. The number of thiazole rings is 1. The summed E-state index contributed by atoms with van der Waals surface area (Å²) in [4.78, 5) is 16.8. The first-order valence-electron chi connectivity index (χ1n) is 5.69. The van der Waals surface area contributed by atoms with Gasteiger partial charge in [-0.1, -0.05) is 32.0 Å². The number of benzene rings is 1. The van der Waals surface area contributed by atoms with Crippen molar-refractivity contribution in [1.82, 2.24) is 4.98 Å². The summed E-state index contributed by atoms with van der Waals surface area (Å²) in [5.74, 6) is 0.668. The number of ketones is 1. The molecule has 0 N–H and O–H groups in total. The Bertz CT molecular complexity index is 503. The van der Waals surface area contributed by atoms with Gasteiger partial charge in [-0.05, 0) is 24.0 Å². The highest BCUT2D eigenvalue weighted by Gasteiger charge is 2.11. The Morgan fingerprint density at radius 3 is 2.88 bits per heavy atom. The van der Waals surface area contributed by atoms with Gasteiger partial charge in [0.25, 0.3) is 0 Å². The van der Waals surface area contributed by atoms with Crippen LogP contribution in [0.4, 0.5) is 0 Å². The van der Waals surface area contributed by atoms with Crippen LogP contribution in [0.15, 0.2) is 36.0 Å². The van der Waals surface area contributed by atoms with Crippen molar-refractivity contribution in [3.8, 4) is 0 Å². The van der Waals surface area contributed by atoms with Crippen molar-refractivity contribution in [3.63, 3.8) is 0 Å². The lowest BCUT2D eigenvalue weighted by atomic mass is 9.99. The van der Waals surface area contributed by atoms with Gasteiger partial charge in [-0.25, -0.2) is 0 Å². The lowest BCUT2D eigenvalue weighted by Gasteiger charge is -2.06. The third-order valence-electron chi connectivity index (χ3n) is 2.49. The van der Waals surface area contributed by atoms with E-state index >= 15 is 0 Å². The smallest absolute Gasteiger partial charge is 0.204 e. The molecule has 17 heavy (non-hydrogen) atoms. The van der Waals surface area contributed by atoms with E-state index in [4.69, 9.17) is 0 Å². The van der Waals surface area contributed by atoms with Gasteiger partial charge in [-0.2, -0.15) is 0 Å². The van der Waals surface area contributed by atoms with Gasteiger partial charge in [0.15, 0.2) is 0 Å². The number of hydrogen-bond acceptors (Lipinski definition) is 3. The van der Waals surface area contributed by atoms with E-state index in [-0.39, 0.29) is 5.78 Å². The van der Waals surface area contributed by atoms with Crippen molar-refractivity contribution in [3.05, 3.63) is 52.0 Å². The Kier molecular flexibility index (Phi) is 3.69. The zero-order valence-corrected chi connectivity index (χ0v) is 10.8. The fourth-order valence-corrected chi connectivity index (χ4v) is 2.36. The SMILES string of the molecule is CC(C)Cc1cccc(C(=O)c2cncs2)c1. The summed E-state index contributed by atoms with van der Waals surface area (Å²) in [6, 6.07) is 7.88. The molecule has 0 aliphatic rings. The lowest BCUT2D eigenvalue weighted by molar-refractivity contribution is 0.104. The summed E-state index contributed by atoms with van der Waals surface area (Å²) in [5.41, 5.74) is 3.66. The van der Waals surface area contributed by atoms with Crippen LogP contribution in [0.1, 0.15) is 34.6 Å². The molecule has 2 nitrogen and oxygen atoms in total. The van der Waals surface area contributed by atoms with Crippen LogP contribution in [0.25, 0.3) is 0 Å². The van der Waals surface area contributed by atoms with Crippen LogP contribution < -0.4 is 0 Å². The Morgan fingerprint density at radius 1 is 1.41 bits per heavy atom. The minimum atomic E-state index is 0.0677.